The van der Waals surface area contributed by atoms with Crippen LogP contribution in [0.15, 0.2) is 71.6 Å². The summed E-state index contributed by atoms with van der Waals surface area (Å²) in [7, 11) is -3.97. The SMILES string of the molecule is CC[C@H](NC(=O)CN1c2ccc(F)cc2-c2ccccc2S1(=O)=O)c1ccc(C)cc1. The molecule has 4 rings (SSSR count). The van der Waals surface area contributed by atoms with Crippen LogP contribution in [-0.2, 0) is 14.8 Å². The Morgan fingerprint density at radius 2 is 1.74 bits per heavy atom. The Morgan fingerprint density at radius 3 is 2.45 bits per heavy atom. The van der Waals surface area contributed by atoms with Crippen molar-refractivity contribution in [2.24, 2.45) is 0 Å². The predicted molar refractivity (Wildman–Crippen MR) is 119 cm³/mol. The van der Waals surface area contributed by atoms with E-state index in [4.69, 9.17) is 0 Å². The molecule has 3 aromatic carbocycles. The fraction of sp³-hybridized carbons (Fsp3) is 0.208. The van der Waals surface area contributed by atoms with E-state index in [0.717, 1.165) is 15.4 Å². The summed E-state index contributed by atoms with van der Waals surface area (Å²) in [6.45, 7) is 3.55. The van der Waals surface area contributed by atoms with E-state index in [9.17, 15) is 17.6 Å². The van der Waals surface area contributed by atoms with Gasteiger partial charge in [-0.3, -0.25) is 9.10 Å². The lowest BCUT2D eigenvalue weighted by Crippen LogP contribution is -2.43. The normalized spacial score (nSPS) is 15.0. The second-order valence-electron chi connectivity index (χ2n) is 7.61. The average molecular weight is 439 g/mol. The van der Waals surface area contributed by atoms with Crippen LogP contribution in [0, 0.1) is 12.7 Å². The fourth-order valence-electron chi connectivity index (χ4n) is 3.86. The van der Waals surface area contributed by atoms with Gasteiger partial charge < -0.3 is 5.32 Å². The lowest BCUT2D eigenvalue weighted by Gasteiger charge is -2.32. The van der Waals surface area contributed by atoms with Crippen molar-refractivity contribution in [3.05, 3.63) is 83.7 Å². The Hall–Kier alpha value is -3.19. The van der Waals surface area contributed by atoms with Crippen LogP contribution in [0.1, 0.15) is 30.5 Å². The molecule has 1 aliphatic rings. The molecule has 1 heterocycles. The molecule has 1 amide bonds. The molecule has 0 aromatic heterocycles. The molecule has 0 spiro atoms. The number of nitrogens with zero attached hydrogens (tertiary/aromatic N) is 1. The number of hydrogen-bond donors (Lipinski definition) is 1. The lowest BCUT2D eigenvalue weighted by molar-refractivity contribution is -0.120. The van der Waals surface area contributed by atoms with E-state index >= 15 is 0 Å². The quantitative estimate of drug-likeness (QED) is 0.634. The predicted octanol–water partition coefficient (Wildman–Crippen LogP) is 4.58. The van der Waals surface area contributed by atoms with Crippen LogP contribution in [0.2, 0.25) is 0 Å². The van der Waals surface area contributed by atoms with Crippen LogP contribution in [0.4, 0.5) is 10.1 Å². The van der Waals surface area contributed by atoms with Gasteiger partial charge in [0.1, 0.15) is 12.4 Å². The zero-order valence-corrected chi connectivity index (χ0v) is 18.1. The van der Waals surface area contributed by atoms with Crippen molar-refractivity contribution >= 4 is 21.6 Å². The Bertz CT molecular complexity index is 1240. The molecule has 0 saturated heterocycles. The number of carbonyl (C=O) groups is 1. The number of carbonyl (C=O) groups excluding carboxylic acids is 1. The average Bonchev–Trinajstić information content (AvgIpc) is 2.76. The zero-order valence-electron chi connectivity index (χ0n) is 17.3. The van der Waals surface area contributed by atoms with Gasteiger partial charge in [0.25, 0.3) is 10.0 Å². The first kappa shape index (κ1) is 21.1. The molecule has 5 nitrogen and oxygen atoms in total. The summed E-state index contributed by atoms with van der Waals surface area (Å²) < 4.78 is 41.6. The summed E-state index contributed by atoms with van der Waals surface area (Å²) >= 11 is 0. The van der Waals surface area contributed by atoms with Crippen molar-refractivity contribution in [3.8, 4) is 11.1 Å². The van der Waals surface area contributed by atoms with Crippen molar-refractivity contribution in [1.29, 1.82) is 0 Å². The van der Waals surface area contributed by atoms with Crippen molar-refractivity contribution in [2.75, 3.05) is 10.8 Å². The monoisotopic (exact) mass is 438 g/mol. The molecule has 160 valence electrons. The molecule has 0 fully saturated rings. The highest BCUT2D eigenvalue weighted by molar-refractivity contribution is 7.93. The van der Waals surface area contributed by atoms with Crippen molar-refractivity contribution in [2.45, 2.75) is 31.2 Å². The second kappa shape index (κ2) is 8.15. The van der Waals surface area contributed by atoms with Gasteiger partial charge in [-0.05, 0) is 43.2 Å². The number of halogens is 1. The third kappa shape index (κ3) is 3.93. The Kier molecular flexibility index (Phi) is 5.54. The molecule has 1 aliphatic heterocycles. The van der Waals surface area contributed by atoms with Crippen molar-refractivity contribution in [1.82, 2.24) is 5.32 Å². The molecule has 0 aliphatic carbocycles. The third-order valence-electron chi connectivity index (χ3n) is 5.48. The molecular weight excluding hydrogens is 415 g/mol. The third-order valence-corrected chi connectivity index (χ3v) is 7.30. The highest BCUT2D eigenvalue weighted by Crippen LogP contribution is 2.43. The van der Waals surface area contributed by atoms with E-state index in [1.807, 2.05) is 38.1 Å². The Balaban J connectivity index is 1.66. The van der Waals surface area contributed by atoms with Crippen LogP contribution >= 0.6 is 0 Å². The highest BCUT2D eigenvalue weighted by Gasteiger charge is 2.36. The van der Waals surface area contributed by atoms with E-state index in [1.54, 1.807) is 18.2 Å². The van der Waals surface area contributed by atoms with Crippen molar-refractivity contribution in [3.63, 3.8) is 0 Å². The molecule has 0 radical (unpaired) electrons. The van der Waals surface area contributed by atoms with E-state index in [-0.39, 0.29) is 10.9 Å². The second-order valence-corrected chi connectivity index (χ2v) is 9.44. The van der Waals surface area contributed by atoms with E-state index in [2.05, 4.69) is 5.32 Å². The summed E-state index contributed by atoms with van der Waals surface area (Å²) in [4.78, 5) is 13.0. The maximum atomic E-state index is 14.0. The van der Waals surface area contributed by atoms with Gasteiger partial charge in [-0.1, -0.05) is 55.0 Å². The minimum absolute atomic E-state index is 0.0616. The standard InChI is InChI=1S/C24H23FN2O3S/c1-3-21(17-10-8-16(2)9-11-17)26-24(28)15-27-22-13-12-18(25)14-20(22)19-6-4-5-7-23(19)31(27,29)30/h4-14,21H,3,15H2,1-2H3,(H,26,28)/t21-/m0/s1. The topological polar surface area (TPSA) is 66.5 Å². The van der Waals surface area contributed by atoms with Gasteiger partial charge in [0.05, 0.1) is 16.6 Å². The molecule has 0 saturated carbocycles. The number of sulfonamides is 1. The van der Waals surface area contributed by atoms with Crippen LogP contribution in [0.25, 0.3) is 11.1 Å². The number of amides is 1. The van der Waals surface area contributed by atoms with Gasteiger partial charge in [-0.2, -0.15) is 0 Å². The van der Waals surface area contributed by atoms with Gasteiger partial charge in [-0.15, -0.1) is 0 Å². The number of fused-ring (bicyclic) bond motifs is 3. The minimum Gasteiger partial charge on any atom is -0.348 e. The number of benzene rings is 3. The number of hydrogen-bond acceptors (Lipinski definition) is 3. The summed E-state index contributed by atoms with van der Waals surface area (Å²) in [5.74, 6) is -0.895. The number of anilines is 1. The number of aryl methyl sites for hydroxylation is 1. The molecule has 1 atom stereocenters. The molecular formula is C24H23FN2O3S. The van der Waals surface area contributed by atoms with Crippen molar-refractivity contribution < 1.29 is 17.6 Å². The molecule has 0 bridgehead atoms. The van der Waals surface area contributed by atoms with E-state index < -0.39 is 28.3 Å². The molecule has 7 heteroatoms. The van der Waals surface area contributed by atoms with Gasteiger partial charge in [0.15, 0.2) is 0 Å². The van der Waals surface area contributed by atoms with E-state index in [1.165, 1.54) is 24.3 Å². The lowest BCUT2D eigenvalue weighted by atomic mass is 10.0. The summed E-state index contributed by atoms with van der Waals surface area (Å²) in [5.41, 5.74) is 3.24. The van der Waals surface area contributed by atoms with Gasteiger partial charge in [-0.25, -0.2) is 12.8 Å². The number of rotatable bonds is 5. The van der Waals surface area contributed by atoms with Gasteiger partial charge in [0, 0.05) is 11.1 Å². The highest BCUT2D eigenvalue weighted by atomic mass is 32.2. The summed E-state index contributed by atoms with van der Waals surface area (Å²) in [5, 5.41) is 2.93. The maximum Gasteiger partial charge on any atom is 0.265 e. The molecule has 0 unspecified atom stereocenters. The summed E-state index contributed by atoms with van der Waals surface area (Å²) in [6.07, 6.45) is 0.659. The van der Waals surface area contributed by atoms with Gasteiger partial charge in [0.2, 0.25) is 5.91 Å². The van der Waals surface area contributed by atoms with Gasteiger partial charge >= 0.3 is 0 Å². The number of nitrogens with one attached hydrogen (secondary N) is 1. The largest absolute Gasteiger partial charge is 0.348 e. The first-order valence-electron chi connectivity index (χ1n) is 10.1. The molecule has 31 heavy (non-hydrogen) atoms. The van der Waals surface area contributed by atoms with Crippen LogP contribution in [0.5, 0.6) is 0 Å². The molecule has 1 N–H and O–H groups in total. The Labute approximate surface area is 181 Å². The van der Waals surface area contributed by atoms with Crippen LogP contribution in [-0.4, -0.2) is 20.9 Å². The maximum absolute atomic E-state index is 14.0. The van der Waals surface area contributed by atoms with Crippen LogP contribution in [0.3, 0.4) is 0 Å². The molecule has 3 aromatic rings. The smallest absolute Gasteiger partial charge is 0.265 e. The summed E-state index contributed by atoms with van der Waals surface area (Å²) in [6, 6.07) is 18.0. The zero-order chi connectivity index (χ0) is 22.2. The van der Waals surface area contributed by atoms with Crippen LogP contribution < -0.4 is 9.62 Å². The Morgan fingerprint density at radius 1 is 1.03 bits per heavy atom. The van der Waals surface area contributed by atoms with E-state index in [0.29, 0.717) is 23.2 Å². The minimum atomic E-state index is -3.97. The fourth-order valence-corrected chi connectivity index (χ4v) is 5.51. The first-order chi connectivity index (χ1) is 14.8. The first-order valence-corrected chi connectivity index (χ1v) is 11.5.